The summed E-state index contributed by atoms with van der Waals surface area (Å²) in [5.41, 5.74) is 0.454. The third-order valence-electron chi connectivity index (χ3n) is 4.67. The lowest BCUT2D eigenvalue weighted by Gasteiger charge is -2.16. The van der Waals surface area contributed by atoms with Crippen molar-refractivity contribution in [3.05, 3.63) is 50.7 Å². The third-order valence-corrected chi connectivity index (χ3v) is 4.67. The van der Waals surface area contributed by atoms with E-state index >= 15 is 0 Å². The fourth-order valence-corrected chi connectivity index (χ4v) is 3.05. The van der Waals surface area contributed by atoms with Crippen molar-refractivity contribution in [1.82, 2.24) is 19.1 Å². The molecule has 0 aliphatic rings. The number of aliphatic hydroxyl groups excluding tert-OH is 1. The minimum absolute atomic E-state index is 0.0372. The molecule has 3 aromatic rings. The third kappa shape index (κ3) is 4.89. The van der Waals surface area contributed by atoms with Crippen LogP contribution >= 0.6 is 0 Å². The summed E-state index contributed by atoms with van der Waals surface area (Å²) in [6.07, 6.45) is -0.173. The molecule has 3 N–H and O–H groups in total. The lowest BCUT2D eigenvalue weighted by Crippen LogP contribution is -2.31. The number of ether oxygens (including phenoxy) is 2. The molecule has 10 nitrogen and oxygen atoms in total. The molecule has 0 saturated carbocycles. The van der Waals surface area contributed by atoms with Gasteiger partial charge in [-0.05, 0) is 25.5 Å². The Balaban J connectivity index is 1.84. The van der Waals surface area contributed by atoms with Crippen molar-refractivity contribution >= 4 is 17.1 Å². The Hall–Kier alpha value is -3.11. The predicted molar refractivity (Wildman–Crippen MR) is 113 cm³/mol. The van der Waals surface area contributed by atoms with E-state index in [1.807, 2.05) is 31.2 Å². The number of fused-ring (bicyclic) bond motifs is 1. The van der Waals surface area contributed by atoms with E-state index in [2.05, 4.69) is 15.3 Å². The highest BCUT2D eigenvalue weighted by molar-refractivity contribution is 5.74. The van der Waals surface area contributed by atoms with Gasteiger partial charge in [-0.1, -0.05) is 17.7 Å². The average Bonchev–Trinajstić information content (AvgIpc) is 3.08. The summed E-state index contributed by atoms with van der Waals surface area (Å²) in [7, 11) is 3.15. The van der Waals surface area contributed by atoms with E-state index in [9.17, 15) is 14.7 Å². The number of aryl methyl sites for hydroxylation is 2. The summed E-state index contributed by atoms with van der Waals surface area (Å²) < 4.78 is 13.5. The SMILES string of the molecule is COCCCNc1nc2c(c(=O)[nH]c(=O)n2C)n1C[C@H](O)COc1ccc(C)cc1. The number of rotatable bonds is 10. The number of nitrogens with one attached hydrogen (secondary N) is 2. The number of methoxy groups -OCH3 is 1. The van der Waals surface area contributed by atoms with Gasteiger partial charge in [0.05, 0.1) is 6.54 Å². The lowest BCUT2D eigenvalue weighted by molar-refractivity contribution is 0.0938. The van der Waals surface area contributed by atoms with Gasteiger partial charge in [0, 0.05) is 27.3 Å². The van der Waals surface area contributed by atoms with Gasteiger partial charge >= 0.3 is 5.69 Å². The Bertz CT molecular complexity index is 1100. The van der Waals surface area contributed by atoms with Crippen LogP contribution in [0.5, 0.6) is 5.75 Å². The fraction of sp³-hybridized carbons (Fsp3) is 0.450. The van der Waals surface area contributed by atoms with Crippen LogP contribution in [0.15, 0.2) is 33.9 Å². The Labute approximate surface area is 173 Å². The molecule has 0 aliphatic carbocycles. The topological polar surface area (TPSA) is 123 Å². The van der Waals surface area contributed by atoms with E-state index in [0.717, 1.165) is 12.0 Å². The Morgan fingerprint density at radius 2 is 2.00 bits per heavy atom. The zero-order valence-electron chi connectivity index (χ0n) is 17.3. The highest BCUT2D eigenvalue weighted by Crippen LogP contribution is 2.17. The van der Waals surface area contributed by atoms with Crippen LogP contribution < -0.4 is 21.3 Å². The number of hydrogen-bond acceptors (Lipinski definition) is 7. The van der Waals surface area contributed by atoms with Gasteiger partial charge in [0.25, 0.3) is 5.56 Å². The number of hydrogen-bond donors (Lipinski definition) is 3. The van der Waals surface area contributed by atoms with Crippen LogP contribution in [0.2, 0.25) is 0 Å². The van der Waals surface area contributed by atoms with Crippen LogP contribution in [-0.2, 0) is 18.3 Å². The molecule has 1 aromatic carbocycles. The Morgan fingerprint density at radius 3 is 2.70 bits per heavy atom. The molecular formula is C20H27N5O5. The van der Waals surface area contributed by atoms with Crippen LogP contribution in [0, 0.1) is 6.92 Å². The Kier molecular flexibility index (Phi) is 6.91. The molecule has 0 aliphatic heterocycles. The molecule has 0 unspecified atom stereocenters. The monoisotopic (exact) mass is 417 g/mol. The standard InChI is InChI=1S/C20H27N5O5/c1-13-5-7-15(8-6-13)30-12-14(26)11-25-16-17(24(2)20(28)23-18(16)27)22-19(25)21-9-4-10-29-3/h5-8,14,26H,4,9-12H2,1-3H3,(H,21,22)(H,23,27,28)/t14-/m0/s1. The number of benzene rings is 1. The largest absolute Gasteiger partial charge is 0.491 e. The van der Waals surface area contributed by atoms with Crippen molar-refractivity contribution < 1.29 is 14.6 Å². The van der Waals surface area contributed by atoms with Crippen molar-refractivity contribution in [2.75, 3.05) is 32.2 Å². The van der Waals surface area contributed by atoms with Gasteiger partial charge in [-0.3, -0.25) is 14.3 Å². The molecule has 2 heterocycles. The molecule has 2 aromatic heterocycles. The molecule has 30 heavy (non-hydrogen) atoms. The average molecular weight is 417 g/mol. The quantitative estimate of drug-likeness (QED) is 0.413. The number of aliphatic hydroxyl groups is 1. The first kappa shape index (κ1) is 21.6. The normalized spacial score (nSPS) is 12.3. The van der Waals surface area contributed by atoms with Gasteiger partial charge < -0.3 is 24.5 Å². The van der Waals surface area contributed by atoms with E-state index in [-0.39, 0.29) is 24.3 Å². The van der Waals surface area contributed by atoms with Crippen molar-refractivity contribution in [2.24, 2.45) is 7.05 Å². The van der Waals surface area contributed by atoms with Gasteiger partial charge in [-0.2, -0.15) is 4.98 Å². The van der Waals surface area contributed by atoms with Gasteiger partial charge in [0.1, 0.15) is 18.5 Å². The van der Waals surface area contributed by atoms with E-state index < -0.39 is 17.4 Å². The van der Waals surface area contributed by atoms with Crippen LogP contribution in [-0.4, -0.2) is 57.2 Å². The summed E-state index contributed by atoms with van der Waals surface area (Å²) in [4.78, 5) is 31.1. The summed E-state index contributed by atoms with van der Waals surface area (Å²) in [6.45, 7) is 3.21. The van der Waals surface area contributed by atoms with Crippen molar-refractivity contribution in [3.8, 4) is 5.75 Å². The number of anilines is 1. The van der Waals surface area contributed by atoms with Crippen LogP contribution in [0.25, 0.3) is 11.2 Å². The van der Waals surface area contributed by atoms with Crippen LogP contribution in [0.3, 0.4) is 0 Å². The van der Waals surface area contributed by atoms with Gasteiger partial charge in [0.2, 0.25) is 5.95 Å². The maximum Gasteiger partial charge on any atom is 0.329 e. The zero-order valence-corrected chi connectivity index (χ0v) is 17.3. The molecule has 0 amide bonds. The fourth-order valence-electron chi connectivity index (χ4n) is 3.05. The predicted octanol–water partition coefficient (Wildman–Crippen LogP) is 0.620. The van der Waals surface area contributed by atoms with Crippen LogP contribution in [0.4, 0.5) is 5.95 Å². The maximum absolute atomic E-state index is 12.5. The second-order valence-electron chi connectivity index (χ2n) is 7.09. The molecule has 0 bridgehead atoms. The summed E-state index contributed by atoms with van der Waals surface area (Å²) in [5, 5.41) is 13.7. The first-order valence-electron chi connectivity index (χ1n) is 9.70. The maximum atomic E-state index is 12.5. The van der Waals surface area contributed by atoms with Crippen LogP contribution in [0.1, 0.15) is 12.0 Å². The minimum atomic E-state index is -0.903. The minimum Gasteiger partial charge on any atom is -0.491 e. The van der Waals surface area contributed by atoms with Gasteiger partial charge in [-0.25, -0.2) is 4.79 Å². The molecule has 0 spiro atoms. The lowest BCUT2D eigenvalue weighted by atomic mass is 10.2. The second-order valence-corrected chi connectivity index (χ2v) is 7.09. The number of nitrogens with zero attached hydrogens (tertiary/aromatic N) is 3. The smallest absolute Gasteiger partial charge is 0.329 e. The molecular weight excluding hydrogens is 390 g/mol. The molecule has 0 radical (unpaired) electrons. The van der Waals surface area contributed by atoms with Crippen molar-refractivity contribution in [2.45, 2.75) is 26.0 Å². The summed E-state index contributed by atoms with van der Waals surface area (Å²) in [6, 6.07) is 7.51. The molecule has 3 rings (SSSR count). The van der Waals surface area contributed by atoms with Crippen molar-refractivity contribution in [3.63, 3.8) is 0 Å². The van der Waals surface area contributed by atoms with Crippen molar-refractivity contribution in [1.29, 1.82) is 0 Å². The molecule has 162 valence electrons. The molecule has 1 atom stereocenters. The summed E-state index contributed by atoms with van der Waals surface area (Å²) in [5.74, 6) is 1.04. The molecule has 0 fully saturated rings. The van der Waals surface area contributed by atoms with E-state index in [0.29, 0.717) is 24.8 Å². The number of H-pyrrole nitrogens is 1. The number of imidazole rings is 1. The highest BCUT2D eigenvalue weighted by Gasteiger charge is 2.19. The molecule has 10 heteroatoms. The summed E-state index contributed by atoms with van der Waals surface area (Å²) >= 11 is 0. The number of aromatic amines is 1. The van der Waals surface area contributed by atoms with E-state index in [1.54, 1.807) is 11.7 Å². The first-order chi connectivity index (χ1) is 14.4. The first-order valence-corrected chi connectivity index (χ1v) is 9.70. The second kappa shape index (κ2) is 9.59. The van der Waals surface area contributed by atoms with Gasteiger partial charge in [0.15, 0.2) is 11.2 Å². The van der Waals surface area contributed by atoms with E-state index in [4.69, 9.17) is 9.47 Å². The number of aromatic nitrogens is 4. The van der Waals surface area contributed by atoms with E-state index in [1.165, 1.54) is 11.6 Å². The highest BCUT2D eigenvalue weighted by atomic mass is 16.5. The molecule has 0 saturated heterocycles. The Morgan fingerprint density at radius 1 is 1.27 bits per heavy atom. The zero-order chi connectivity index (χ0) is 21.7. The van der Waals surface area contributed by atoms with Gasteiger partial charge in [-0.15, -0.1) is 0 Å².